The Morgan fingerprint density at radius 1 is 1.28 bits per heavy atom. The monoisotopic (exact) mass is 350 g/mol. The molecule has 2 rings (SSSR count). The van der Waals surface area contributed by atoms with Gasteiger partial charge in [0.1, 0.15) is 11.3 Å². The topological polar surface area (TPSA) is 86.6 Å². The molecular weight excluding hydrogens is 318 g/mol. The van der Waals surface area contributed by atoms with Crippen LogP contribution >= 0.6 is 0 Å². The van der Waals surface area contributed by atoms with Crippen LogP contribution in [-0.4, -0.2) is 41.7 Å². The van der Waals surface area contributed by atoms with Gasteiger partial charge in [-0.15, -0.1) is 0 Å². The first-order chi connectivity index (χ1) is 12.0. The second kappa shape index (κ2) is 9.04. The van der Waals surface area contributed by atoms with Crippen molar-refractivity contribution in [1.29, 1.82) is 0 Å². The number of pyridine rings is 1. The highest BCUT2D eigenvalue weighted by Gasteiger charge is 2.24. The fraction of sp³-hybridized carbons (Fsp3) is 0.684. The number of rotatable bonds is 8. The second-order valence-electron chi connectivity index (χ2n) is 7.07. The standard InChI is InChI=1S/C19H31N3O3/c1-4-22(5-2)12-8-9-13(3)20-18(24)16-17(23)14-10-6-7-11-15(14)21-19(16)25/h13H,4-12H2,1-3H3,(H,20,24)(H2,21,23,25)/p+1/t13-/m0/s1. The molecule has 0 saturated heterocycles. The summed E-state index contributed by atoms with van der Waals surface area (Å²) in [6, 6.07) is -0.0303. The predicted octanol–water partition coefficient (Wildman–Crippen LogP) is 0.782. The molecule has 1 atom stereocenters. The van der Waals surface area contributed by atoms with Crippen LogP contribution in [0.3, 0.4) is 0 Å². The minimum atomic E-state index is -0.490. The molecule has 1 amide bonds. The highest BCUT2D eigenvalue weighted by atomic mass is 16.3. The number of hydrogen-bond acceptors (Lipinski definition) is 3. The molecule has 1 aliphatic carbocycles. The van der Waals surface area contributed by atoms with Gasteiger partial charge in [0.05, 0.1) is 19.6 Å². The molecule has 0 fully saturated rings. The molecule has 0 aliphatic heterocycles. The van der Waals surface area contributed by atoms with Crippen molar-refractivity contribution in [2.24, 2.45) is 0 Å². The molecule has 0 saturated carbocycles. The van der Waals surface area contributed by atoms with E-state index in [-0.39, 0.29) is 17.4 Å². The summed E-state index contributed by atoms with van der Waals surface area (Å²) in [6.45, 7) is 9.59. The summed E-state index contributed by atoms with van der Waals surface area (Å²) >= 11 is 0. The van der Waals surface area contributed by atoms with Crippen LogP contribution in [0.25, 0.3) is 0 Å². The number of quaternary nitrogens is 1. The normalized spacial score (nSPS) is 15.0. The van der Waals surface area contributed by atoms with Crippen LogP contribution in [0.15, 0.2) is 4.79 Å². The molecule has 25 heavy (non-hydrogen) atoms. The lowest BCUT2D eigenvalue weighted by atomic mass is 9.93. The van der Waals surface area contributed by atoms with E-state index in [0.717, 1.165) is 63.0 Å². The van der Waals surface area contributed by atoms with E-state index in [2.05, 4.69) is 24.1 Å². The van der Waals surface area contributed by atoms with Gasteiger partial charge in [0.15, 0.2) is 0 Å². The van der Waals surface area contributed by atoms with Gasteiger partial charge in [-0.3, -0.25) is 9.59 Å². The Morgan fingerprint density at radius 3 is 2.64 bits per heavy atom. The minimum Gasteiger partial charge on any atom is -0.507 e. The quantitative estimate of drug-likeness (QED) is 0.559. The van der Waals surface area contributed by atoms with Crippen molar-refractivity contribution < 1.29 is 14.8 Å². The molecule has 1 aromatic heterocycles. The van der Waals surface area contributed by atoms with Crippen LogP contribution in [-0.2, 0) is 12.8 Å². The smallest absolute Gasteiger partial charge is 0.264 e. The summed E-state index contributed by atoms with van der Waals surface area (Å²) in [6.07, 6.45) is 5.31. The molecule has 140 valence electrons. The summed E-state index contributed by atoms with van der Waals surface area (Å²) in [7, 11) is 0. The van der Waals surface area contributed by atoms with E-state index in [1.54, 1.807) is 4.90 Å². The number of fused-ring (bicyclic) bond motifs is 1. The van der Waals surface area contributed by atoms with E-state index in [0.29, 0.717) is 6.42 Å². The van der Waals surface area contributed by atoms with Gasteiger partial charge >= 0.3 is 0 Å². The lowest BCUT2D eigenvalue weighted by Crippen LogP contribution is -3.11. The van der Waals surface area contributed by atoms with E-state index in [9.17, 15) is 14.7 Å². The Balaban J connectivity index is 2.00. The number of aromatic amines is 1. The van der Waals surface area contributed by atoms with Crippen molar-refractivity contribution in [1.82, 2.24) is 10.3 Å². The number of aromatic hydroxyl groups is 1. The number of amides is 1. The number of nitrogens with one attached hydrogen (secondary N) is 3. The molecule has 6 heteroatoms. The zero-order valence-electron chi connectivity index (χ0n) is 15.7. The fourth-order valence-electron chi connectivity index (χ4n) is 3.60. The zero-order chi connectivity index (χ0) is 18.4. The molecule has 0 spiro atoms. The zero-order valence-corrected chi connectivity index (χ0v) is 15.7. The summed E-state index contributed by atoms with van der Waals surface area (Å²) in [5.41, 5.74) is 0.881. The van der Waals surface area contributed by atoms with Crippen molar-refractivity contribution in [3.63, 3.8) is 0 Å². The lowest BCUT2D eigenvalue weighted by Gasteiger charge is -2.20. The SMILES string of the molecule is CC[NH+](CC)CCC[C@H](C)NC(=O)c1c(O)c2c([nH]c1=O)CCCC2. The average molecular weight is 350 g/mol. The van der Waals surface area contributed by atoms with Crippen LogP contribution in [0.5, 0.6) is 5.75 Å². The van der Waals surface area contributed by atoms with Gasteiger partial charge in [-0.2, -0.15) is 0 Å². The first kappa shape index (κ1) is 19.5. The highest BCUT2D eigenvalue weighted by molar-refractivity contribution is 5.97. The van der Waals surface area contributed by atoms with Gasteiger partial charge in [0.25, 0.3) is 11.5 Å². The van der Waals surface area contributed by atoms with E-state index in [1.165, 1.54) is 0 Å². The molecule has 0 aromatic carbocycles. The largest absolute Gasteiger partial charge is 0.507 e. The number of aromatic nitrogens is 1. The van der Waals surface area contributed by atoms with Crippen molar-refractivity contribution in [3.8, 4) is 5.75 Å². The number of carbonyl (C=O) groups is 1. The van der Waals surface area contributed by atoms with Crippen molar-refractivity contribution in [2.45, 2.75) is 65.3 Å². The Labute approximate surface area is 149 Å². The molecule has 1 aromatic rings. The first-order valence-electron chi connectivity index (χ1n) is 9.59. The van der Waals surface area contributed by atoms with E-state index in [4.69, 9.17) is 0 Å². The average Bonchev–Trinajstić information content (AvgIpc) is 2.58. The molecule has 4 N–H and O–H groups in total. The Hall–Kier alpha value is -1.82. The number of carbonyl (C=O) groups excluding carboxylic acids is 1. The summed E-state index contributed by atoms with van der Waals surface area (Å²) in [5.74, 6) is -0.606. The third-order valence-electron chi connectivity index (χ3n) is 5.25. The summed E-state index contributed by atoms with van der Waals surface area (Å²) in [5, 5.41) is 13.3. The van der Waals surface area contributed by atoms with Crippen molar-refractivity contribution in [3.05, 3.63) is 27.2 Å². The van der Waals surface area contributed by atoms with Gasteiger partial charge in [-0.25, -0.2) is 0 Å². The number of hydrogen-bond donors (Lipinski definition) is 4. The van der Waals surface area contributed by atoms with Gasteiger partial charge in [-0.1, -0.05) is 0 Å². The van der Waals surface area contributed by atoms with Gasteiger partial charge < -0.3 is 20.3 Å². The van der Waals surface area contributed by atoms with E-state index < -0.39 is 11.5 Å². The number of H-pyrrole nitrogens is 1. The maximum Gasteiger partial charge on any atom is 0.264 e. The van der Waals surface area contributed by atoms with Crippen LogP contribution in [0.1, 0.15) is 68.1 Å². The fourth-order valence-corrected chi connectivity index (χ4v) is 3.60. The second-order valence-corrected chi connectivity index (χ2v) is 7.07. The van der Waals surface area contributed by atoms with Crippen LogP contribution in [0.2, 0.25) is 0 Å². The molecule has 1 aliphatic rings. The molecule has 6 nitrogen and oxygen atoms in total. The number of aryl methyl sites for hydroxylation is 1. The van der Waals surface area contributed by atoms with Gasteiger partial charge in [0.2, 0.25) is 0 Å². The van der Waals surface area contributed by atoms with E-state index in [1.807, 2.05) is 6.92 Å². The minimum absolute atomic E-state index is 0.0303. The Morgan fingerprint density at radius 2 is 1.96 bits per heavy atom. The molecule has 1 heterocycles. The molecule has 0 radical (unpaired) electrons. The Kier molecular flexibility index (Phi) is 7.05. The van der Waals surface area contributed by atoms with E-state index >= 15 is 0 Å². The maximum atomic E-state index is 12.5. The van der Waals surface area contributed by atoms with Crippen LogP contribution in [0.4, 0.5) is 0 Å². The molecule has 0 unspecified atom stereocenters. The van der Waals surface area contributed by atoms with Crippen LogP contribution in [0, 0.1) is 0 Å². The summed E-state index contributed by atoms with van der Waals surface area (Å²) in [4.78, 5) is 29.1. The third kappa shape index (κ3) is 4.84. The van der Waals surface area contributed by atoms with Gasteiger partial charge in [0, 0.05) is 17.3 Å². The first-order valence-corrected chi connectivity index (χ1v) is 9.59. The maximum absolute atomic E-state index is 12.5. The molecular formula is C19H32N3O3+. The third-order valence-corrected chi connectivity index (χ3v) is 5.25. The summed E-state index contributed by atoms with van der Waals surface area (Å²) < 4.78 is 0. The Bertz CT molecular complexity index is 650. The van der Waals surface area contributed by atoms with Crippen LogP contribution < -0.4 is 15.8 Å². The van der Waals surface area contributed by atoms with Crippen molar-refractivity contribution in [2.75, 3.05) is 19.6 Å². The lowest BCUT2D eigenvalue weighted by molar-refractivity contribution is -0.896. The molecule has 0 bridgehead atoms. The van der Waals surface area contributed by atoms with Gasteiger partial charge in [-0.05, 0) is 59.3 Å². The highest BCUT2D eigenvalue weighted by Crippen LogP contribution is 2.28. The van der Waals surface area contributed by atoms with Crippen molar-refractivity contribution >= 4 is 5.91 Å². The predicted molar refractivity (Wildman–Crippen MR) is 98.4 cm³/mol.